The molecule has 0 radical (unpaired) electrons. The van der Waals surface area contributed by atoms with E-state index in [2.05, 4.69) is 33.5 Å². The number of anilines is 2. The van der Waals surface area contributed by atoms with Gasteiger partial charge in [0.05, 0.1) is 5.69 Å². The Labute approximate surface area is 156 Å². The summed E-state index contributed by atoms with van der Waals surface area (Å²) in [7, 11) is 0. The van der Waals surface area contributed by atoms with E-state index in [0.29, 0.717) is 35.1 Å². The Hall–Kier alpha value is -3.79. The average molecular weight is 359 g/mol. The van der Waals surface area contributed by atoms with Crippen LogP contribution in [0, 0.1) is 11.3 Å². The van der Waals surface area contributed by atoms with Gasteiger partial charge in [0.25, 0.3) is 0 Å². The number of nitrogen functional groups attached to an aromatic ring is 1. The van der Waals surface area contributed by atoms with Crippen LogP contribution >= 0.6 is 0 Å². The number of fused-ring (bicyclic) bond motifs is 1. The van der Waals surface area contributed by atoms with E-state index in [0.717, 1.165) is 12.0 Å². The van der Waals surface area contributed by atoms with E-state index < -0.39 is 0 Å². The molecule has 0 unspecified atom stereocenters. The molecular formula is C20H17N5O2. The van der Waals surface area contributed by atoms with Crippen LogP contribution in [0.1, 0.15) is 11.1 Å². The Bertz CT molecular complexity index is 1010. The molecule has 7 nitrogen and oxygen atoms in total. The first-order chi connectivity index (χ1) is 13.2. The Kier molecular flexibility index (Phi) is 4.45. The van der Waals surface area contributed by atoms with Gasteiger partial charge < -0.3 is 20.5 Å². The quantitative estimate of drug-likeness (QED) is 0.721. The van der Waals surface area contributed by atoms with Gasteiger partial charge in [-0.25, -0.2) is 4.98 Å². The Balaban J connectivity index is 1.62. The lowest BCUT2D eigenvalue weighted by atomic mass is 10.1. The molecule has 3 N–H and O–H groups in total. The largest absolute Gasteiger partial charge is 0.454 e. The van der Waals surface area contributed by atoms with Crippen LogP contribution in [0.25, 0.3) is 11.3 Å². The van der Waals surface area contributed by atoms with Crippen molar-refractivity contribution in [1.82, 2.24) is 9.97 Å². The van der Waals surface area contributed by atoms with Crippen LogP contribution in [0.4, 0.5) is 11.8 Å². The standard InChI is InChI=1S/C20H17N5O2/c21-11-15-18(14-6-7-16-17(10-14)27-12-26-16)24-20(22)25-19(15)23-9-8-13-4-2-1-3-5-13/h1-7,10H,8-9,12H2,(H3,22,23,24,25). The third-order valence-corrected chi connectivity index (χ3v) is 4.23. The SMILES string of the molecule is N#Cc1c(NCCc2ccccc2)nc(N)nc1-c1ccc2c(c1)OCO2. The lowest BCUT2D eigenvalue weighted by Gasteiger charge is -2.12. The van der Waals surface area contributed by atoms with Gasteiger partial charge in [-0.05, 0) is 30.2 Å². The molecule has 27 heavy (non-hydrogen) atoms. The number of nitrogens with zero attached hydrogens (tertiary/aromatic N) is 3. The molecular weight excluding hydrogens is 342 g/mol. The second kappa shape index (κ2) is 7.22. The first-order valence-electron chi connectivity index (χ1n) is 8.50. The van der Waals surface area contributed by atoms with Gasteiger partial charge >= 0.3 is 0 Å². The van der Waals surface area contributed by atoms with Crippen LogP contribution in [0.5, 0.6) is 11.5 Å². The summed E-state index contributed by atoms with van der Waals surface area (Å²) in [6, 6.07) is 17.7. The monoisotopic (exact) mass is 359 g/mol. The summed E-state index contributed by atoms with van der Waals surface area (Å²) in [5, 5.41) is 12.9. The van der Waals surface area contributed by atoms with Crippen LogP contribution in [-0.4, -0.2) is 23.3 Å². The van der Waals surface area contributed by atoms with Gasteiger partial charge in [-0.1, -0.05) is 30.3 Å². The van der Waals surface area contributed by atoms with Crippen molar-refractivity contribution in [3.8, 4) is 28.8 Å². The number of hydrogen-bond donors (Lipinski definition) is 2. The minimum absolute atomic E-state index is 0.101. The van der Waals surface area contributed by atoms with Crippen molar-refractivity contribution in [3.63, 3.8) is 0 Å². The smallest absolute Gasteiger partial charge is 0.231 e. The Morgan fingerprint density at radius 1 is 1.07 bits per heavy atom. The van der Waals surface area contributed by atoms with Gasteiger partial charge in [-0.2, -0.15) is 10.2 Å². The number of rotatable bonds is 5. The van der Waals surface area contributed by atoms with E-state index in [-0.39, 0.29) is 12.7 Å². The fourth-order valence-corrected chi connectivity index (χ4v) is 2.93. The molecule has 0 aliphatic carbocycles. The summed E-state index contributed by atoms with van der Waals surface area (Å²) in [5.41, 5.74) is 8.61. The van der Waals surface area contributed by atoms with Crippen molar-refractivity contribution >= 4 is 11.8 Å². The number of nitriles is 1. The highest BCUT2D eigenvalue weighted by Gasteiger charge is 2.19. The molecule has 1 aliphatic rings. The summed E-state index contributed by atoms with van der Waals surface area (Å²) in [5.74, 6) is 1.81. The van der Waals surface area contributed by atoms with Crippen molar-refractivity contribution in [1.29, 1.82) is 5.26 Å². The van der Waals surface area contributed by atoms with Gasteiger partial charge in [0.1, 0.15) is 17.5 Å². The zero-order valence-electron chi connectivity index (χ0n) is 14.5. The molecule has 4 rings (SSSR count). The lowest BCUT2D eigenvalue weighted by molar-refractivity contribution is 0.174. The zero-order valence-corrected chi connectivity index (χ0v) is 14.5. The molecule has 7 heteroatoms. The average Bonchev–Trinajstić information content (AvgIpc) is 3.16. The first-order valence-corrected chi connectivity index (χ1v) is 8.50. The Morgan fingerprint density at radius 2 is 1.89 bits per heavy atom. The molecule has 134 valence electrons. The zero-order chi connectivity index (χ0) is 18.6. The molecule has 0 amide bonds. The number of aromatic nitrogens is 2. The summed E-state index contributed by atoms with van der Waals surface area (Å²) < 4.78 is 10.7. The van der Waals surface area contributed by atoms with Crippen molar-refractivity contribution < 1.29 is 9.47 Å². The van der Waals surface area contributed by atoms with Crippen molar-refractivity contribution in [2.24, 2.45) is 0 Å². The van der Waals surface area contributed by atoms with Crippen LogP contribution in [0.15, 0.2) is 48.5 Å². The molecule has 3 aromatic rings. The van der Waals surface area contributed by atoms with E-state index in [1.807, 2.05) is 24.3 Å². The Morgan fingerprint density at radius 3 is 2.70 bits per heavy atom. The van der Waals surface area contributed by atoms with Gasteiger partial charge in [0.15, 0.2) is 11.5 Å². The summed E-state index contributed by atoms with van der Waals surface area (Å²) >= 11 is 0. The van der Waals surface area contributed by atoms with E-state index >= 15 is 0 Å². The predicted molar refractivity (Wildman–Crippen MR) is 101 cm³/mol. The third-order valence-electron chi connectivity index (χ3n) is 4.23. The van der Waals surface area contributed by atoms with Crippen LogP contribution in [-0.2, 0) is 6.42 Å². The van der Waals surface area contributed by atoms with Crippen LogP contribution in [0.2, 0.25) is 0 Å². The molecule has 0 atom stereocenters. The van der Waals surface area contributed by atoms with E-state index in [4.69, 9.17) is 15.2 Å². The summed E-state index contributed by atoms with van der Waals surface area (Å²) in [6.45, 7) is 0.803. The molecule has 0 saturated carbocycles. The maximum Gasteiger partial charge on any atom is 0.231 e. The van der Waals surface area contributed by atoms with Crippen molar-refractivity contribution in [2.75, 3.05) is 24.4 Å². The number of hydrogen-bond acceptors (Lipinski definition) is 7. The van der Waals surface area contributed by atoms with E-state index in [1.54, 1.807) is 12.1 Å². The number of ether oxygens (including phenoxy) is 2. The second-order valence-corrected chi connectivity index (χ2v) is 6.00. The third kappa shape index (κ3) is 3.46. The maximum atomic E-state index is 9.69. The van der Waals surface area contributed by atoms with Gasteiger partial charge in [-0.15, -0.1) is 0 Å². The lowest BCUT2D eigenvalue weighted by Crippen LogP contribution is -2.11. The second-order valence-electron chi connectivity index (χ2n) is 6.00. The first kappa shape index (κ1) is 16.7. The minimum Gasteiger partial charge on any atom is -0.454 e. The summed E-state index contributed by atoms with van der Waals surface area (Å²) in [4.78, 5) is 8.49. The highest BCUT2D eigenvalue weighted by molar-refractivity contribution is 5.75. The molecule has 0 bridgehead atoms. The molecule has 0 spiro atoms. The van der Waals surface area contributed by atoms with Crippen LogP contribution < -0.4 is 20.5 Å². The number of nitrogens with two attached hydrogens (primary N) is 1. The van der Waals surface area contributed by atoms with Gasteiger partial charge in [-0.3, -0.25) is 0 Å². The predicted octanol–water partition coefficient (Wildman–Crippen LogP) is 2.98. The number of benzene rings is 2. The normalized spacial score (nSPS) is 11.8. The number of nitrogens with one attached hydrogen (secondary N) is 1. The molecule has 1 aliphatic heterocycles. The fourth-order valence-electron chi connectivity index (χ4n) is 2.93. The van der Waals surface area contributed by atoms with Crippen molar-refractivity contribution in [2.45, 2.75) is 6.42 Å². The molecule has 2 aromatic carbocycles. The molecule has 0 saturated heterocycles. The fraction of sp³-hybridized carbons (Fsp3) is 0.150. The highest BCUT2D eigenvalue weighted by atomic mass is 16.7. The van der Waals surface area contributed by atoms with Crippen LogP contribution in [0.3, 0.4) is 0 Å². The molecule has 2 heterocycles. The van der Waals surface area contributed by atoms with Gasteiger partial charge in [0, 0.05) is 12.1 Å². The molecule has 1 aromatic heterocycles. The molecule has 0 fully saturated rings. The van der Waals surface area contributed by atoms with Gasteiger partial charge in [0.2, 0.25) is 12.7 Å². The minimum atomic E-state index is 0.101. The topological polar surface area (TPSA) is 106 Å². The van der Waals surface area contributed by atoms with Crippen molar-refractivity contribution in [3.05, 3.63) is 59.7 Å². The highest BCUT2D eigenvalue weighted by Crippen LogP contribution is 2.37. The van der Waals surface area contributed by atoms with E-state index in [1.165, 1.54) is 5.56 Å². The maximum absolute atomic E-state index is 9.69. The summed E-state index contributed by atoms with van der Waals surface area (Å²) in [6.07, 6.45) is 0.801. The van der Waals surface area contributed by atoms with E-state index in [9.17, 15) is 5.26 Å².